The molecule has 7 heteroatoms. The molecule has 0 fully saturated rings. The van der Waals surface area contributed by atoms with Crippen LogP contribution in [-0.2, 0) is 4.79 Å². The molecule has 0 unspecified atom stereocenters. The summed E-state index contributed by atoms with van der Waals surface area (Å²) in [7, 11) is 0. The second kappa shape index (κ2) is 7.88. The van der Waals surface area contributed by atoms with Gasteiger partial charge in [0.2, 0.25) is 11.8 Å². The Morgan fingerprint density at radius 1 is 1.15 bits per heavy atom. The number of rotatable bonds is 5. The number of hydrogen-bond donors (Lipinski definition) is 2. The monoisotopic (exact) mass is 380 g/mol. The van der Waals surface area contributed by atoms with Crippen LogP contribution in [0.15, 0.2) is 60.7 Å². The molecular weight excluding hydrogens is 364 g/mol. The average Bonchev–Trinajstić information content (AvgIpc) is 2.95. The third-order valence-corrected chi connectivity index (χ3v) is 4.23. The van der Waals surface area contributed by atoms with Crippen LogP contribution in [0.2, 0.25) is 5.15 Å². The molecule has 2 amide bonds. The summed E-state index contributed by atoms with van der Waals surface area (Å²) in [4.78, 5) is 23.4. The van der Waals surface area contributed by atoms with Gasteiger partial charge in [-0.05, 0) is 43.3 Å². The van der Waals surface area contributed by atoms with Gasteiger partial charge in [-0.1, -0.05) is 35.9 Å². The number of carbonyl (C=O) groups excluding carboxylic acids is 2. The molecule has 27 heavy (non-hydrogen) atoms. The van der Waals surface area contributed by atoms with Crippen LogP contribution in [0.4, 0.5) is 5.69 Å². The molecule has 0 bridgehead atoms. The van der Waals surface area contributed by atoms with Crippen LogP contribution >= 0.6 is 11.6 Å². The first-order chi connectivity index (χ1) is 13.0. The van der Waals surface area contributed by atoms with Gasteiger partial charge in [-0.15, -0.1) is 0 Å². The topological polar surface area (TPSA) is 90.0 Å². The molecule has 6 nitrogen and oxygen atoms in total. The van der Waals surface area contributed by atoms with Gasteiger partial charge in [-0.25, -0.2) is 4.68 Å². The molecule has 0 radical (unpaired) electrons. The van der Waals surface area contributed by atoms with Gasteiger partial charge >= 0.3 is 0 Å². The van der Waals surface area contributed by atoms with Gasteiger partial charge < -0.3 is 11.1 Å². The molecule has 0 saturated heterocycles. The van der Waals surface area contributed by atoms with Crippen LogP contribution in [0, 0.1) is 6.92 Å². The Morgan fingerprint density at radius 2 is 1.89 bits per heavy atom. The van der Waals surface area contributed by atoms with Crippen molar-refractivity contribution < 1.29 is 9.59 Å². The number of halogens is 1. The number of nitrogens with zero attached hydrogens (tertiary/aromatic N) is 2. The number of para-hydroxylation sites is 1. The summed E-state index contributed by atoms with van der Waals surface area (Å²) >= 11 is 6.43. The van der Waals surface area contributed by atoms with Crippen molar-refractivity contribution in [2.24, 2.45) is 5.73 Å². The molecule has 1 aromatic heterocycles. The van der Waals surface area contributed by atoms with Gasteiger partial charge in [0, 0.05) is 22.9 Å². The number of anilines is 1. The van der Waals surface area contributed by atoms with Crippen LogP contribution in [0.3, 0.4) is 0 Å². The highest BCUT2D eigenvalue weighted by atomic mass is 35.5. The lowest BCUT2D eigenvalue weighted by atomic mass is 10.2. The number of nitrogens with one attached hydrogen (secondary N) is 1. The summed E-state index contributed by atoms with van der Waals surface area (Å²) in [6.45, 7) is 1.82. The first-order valence-electron chi connectivity index (χ1n) is 8.15. The van der Waals surface area contributed by atoms with Crippen LogP contribution in [0.5, 0.6) is 0 Å². The lowest BCUT2D eigenvalue weighted by Gasteiger charge is -2.03. The zero-order chi connectivity index (χ0) is 19.4. The van der Waals surface area contributed by atoms with E-state index in [4.69, 9.17) is 17.3 Å². The molecule has 3 N–H and O–H groups in total. The van der Waals surface area contributed by atoms with Gasteiger partial charge in [-0.2, -0.15) is 5.10 Å². The molecule has 0 atom stereocenters. The van der Waals surface area contributed by atoms with Crippen molar-refractivity contribution in [3.8, 4) is 5.69 Å². The van der Waals surface area contributed by atoms with Gasteiger partial charge in [0.15, 0.2) is 0 Å². The van der Waals surface area contributed by atoms with E-state index in [2.05, 4.69) is 10.4 Å². The molecule has 136 valence electrons. The van der Waals surface area contributed by atoms with Gasteiger partial charge in [0.1, 0.15) is 5.15 Å². The summed E-state index contributed by atoms with van der Waals surface area (Å²) in [5, 5.41) is 7.52. The fraction of sp³-hybridized carbons (Fsp3) is 0.0500. The Kier molecular flexibility index (Phi) is 5.38. The van der Waals surface area contributed by atoms with Crippen LogP contribution in [-0.4, -0.2) is 21.6 Å². The van der Waals surface area contributed by atoms with E-state index in [-0.39, 0.29) is 5.91 Å². The quantitative estimate of drug-likeness (QED) is 0.663. The van der Waals surface area contributed by atoms with E-state index in [1.165, 1.54) is 12.1 Å². The molecule has 3 rings (SSSR count). The molecular formula is C20H17ClN4O2. The van der Waals surface area contributed by atoms with Gasteiger partial charge in [0.25, 0.3) is 0 Å². The number of aromatic nitrogens is 2. The number of primary amides is 1. The predicted molar refractivity (Wildman–Crippen MR) is 106 cm³/mol. The maximum Gasteiger partial charge on any atom is 0.248 e. The Hall–Kier alpha value is -3.38. The summed E-state index contributed by atoms with van der Waals surface area (Å²) in [6, 6.07) is 15.9. The minimum atomic E-state index is -0.558. The standard InChI is InChI=1S/C20H17ClN4O2/c1-13-17(19(21)25(24-13)16-8-3-2-4-9-16)10-11-18(26)23-15-7-5-6-14(12-15)20(22)27/h2-12H,1H3,(H2,22,27)(H,23,26)/b11-10+. The third kappa shape index (κ3) is 4.24. The third-order valence-electron chi connectivity index (χ3n) is 3.86. The van der Waals surface area contributed by atoms with Crippen LogP contribution in [0.25, 0.3) is 11.8 Å². The second-order valence-corrected chi connectivity index (χ2v) is 6.16. The molecule has 3 aromatic rings. The first-order valence-corrected chi connectivity index (χ1v) is 8.53. The summed E-state index contributed by atoms with van der Waals surface area (Å²) in [6.07, 6.45) is 2.97. The normalized spacial score (nSPS) is 10.9. The van der Waals surface area contributed by atoms with E-state index in [0.717, 1.165) is 5.69 Å². The fourth-order valence-corrected chi connectivity index (χ4v) is 2.87. The molecule has 0 aliphatic rings. The van der Waals surface area contributed by atoms with E-state index >= 15 is 0 Å². The zero-order valence-electron chi connectivity index (χ0n) is 14.5. The van der Waals surface area contributed by atoms with Crippen molar-refractivity contribution in [3.63, 3.8) is 0 Å². The van der Waals surface area contributed by atoms with E-state index in [1.807, 2.05) is 37.3 Å². The number of aryl methyl sites for hydroxylation is 1. The number of carbonyl (C=O) groups is 2. The first kappa shape index (κ1) is 18.4. The Balaban J connectivity index is 1.78. The maximum atomic E-state index is 12.2. The number of benzene rings is 2. The molecule has 0 spiro atoms. The van der Waals surface area contributed by atoms with Crippen molar-refractivity contribution in [3.05, 3.63) is 82.6 Å². The number of nitrogens with two attached hydrogens (primary N) is 1. The van der Waals surface area contributed by atoms with Crippen molar-refractivity contribution in [2.75, 3.05) is 5.32 Å². The van der Waals surface area contributed by atoms with Crippen molar-refractivity contribution in [1.29, 1.82) is 0 Å². The lowest BCUT2D eigenvalue weighted by Crippen LogP contribution is -2.12. The predicted octanol–water partition coefficient (Wildman–Crippen LogP) is 3.58. The number of amides is 2. The lowest BCUT2D eigenvalue weighted by molar-refractivity contribution is -0.111. The smallest absolute Gasteiger partial charge is 0.248 e. The molecule has 1 heterocycles. The summed E-state index contributed by atoms with van der Waals surface area (Å²) < 4.78 is 1.62. The highest BCUT2D eigenvalue weighted by Crippen LogP contribution is 2.24. The van der Waals surface area contributed by atoms with Gasteiger partial charge in [0.05, 0.1) is 11.4 Å². The maximum absolute atomic E-state index is 12.2. The number of hydrogen-bond acceptors (Lipinski definition) is 3. The van der Waals surface area contributed by atoms with Crippen molar-refractivity contribution in [1.82, 2.24) is 9.78 Å². The van der Waals surface area contributed by atoms with E-state index in [9.17, 15) is 9.59 Å². The largest absolute Gasteiger partial charge is 0.366 e. The Labute approximate surface area is 161 Å². The highest BCUT2D eigenvalue weighted by Gasteiger charge is 2.12. The van der Waals surface area contributed by atoms with Crippen LogP contribution < -0.4 is 11.1 Å². The zero-order valence-corrected chi connectivity index (χ0v) is 15.3. The fourth-order valence-electron chi connectivity index (χ4n) is 2.53. The summed E-state index contributed by atoms with van der Waals surface area (Å²) in [5.74, 6) is -0.920. The van der Waals surface area contributed by atoms with E-state index in [1.54, 1.807) is 29.0 Å². The minimum absolute atomic E-state index is 0.319. The van der Waals surface area contributed by atoms with Crippen LogP contribution in [0.1, 0.15) is 21.6 Å². The molecule has 0 saturated carbocycles. The SMILES string of the molecule is Cc1nn(-c2ccccc2)c(Cl)c1/C=C/C(=O)Nc1cccc(C(N)=O)c1. The van der Waals surface area contributed by atoms with E-state index in [0.29, 0.717) is 27.7 Å². The summed E-state index contributed by atoms with van der Waals surface area (Å²) in [5.41, 5.74) is 8.22. The molecule has 2 aromatic carbocycles. The van der Waals surface area contributed by atoms with Crippen molar-refractivity contribution in [2.45, 2.75) is 6.92 Å². The molecule has 0 aliphatic heterocycles. The van der Waals surface area contributed by atoms with Gasteiger partial charge in [-0.3, -0.25) is 9.59 Å². The molecule has 0 aliphatic carbocycles. The minimum Gasteiger partial charge on any atom is -0.366 e. The Morgan fingerprint density at radius 3 is 2.59 bits per heavy atom. The highest BCUT2D eigenvalue weighted by molar-refractivity contribution is 6.31. The van der Waals surface area contributed by atoms with Crippen molar-refractivity contribution >= 4 is 35.2 Å². The average molecular weight is 381 g/mol. The van der Waals surface area contributed by atoms with E-state index < -0.39 is 5.91 Å². The Bertz CT molecular complexity index is 1030. The second-order valence-electron chi connectivity index (χ2n) is 5.80.